The van der Waals surface area contributed by atoms with Crippen LogP contribution in [0.15, 0.2) is 100 Å². The van der Waals surface area contributed by atoms with Gasteiger partial charge in [0.25, 0.3) is 5.56 Å². The molecule has 5 aromatic rings. The summed E-state index contributed by atoms with van der Waals surface area (Å²) in [6.45, 7) is 2.11. The molecule has 1 aliphatic heterocycles. The lowest BCUT2D eigenvalue weighted by Gasteiger charge is -2.26. The molecule has 0 amide bonds. The fourth-order valence-corrected chi connectivity index (χ4v) is 7.03. The molecule has 0 aliphatic carbocycles. The third-order valence-electron chi connectivity index (χ3n) is 7.94. The normalized spacial score (nSPS) is 14.1. The fraction of sp³-hybridized carbons (Fsp3) is 0.184. The van der Waals surface area contributed by atoms with Crippen molar-refractivity contribution < 1.29 is 28.5 Å². The van der Waals surface area contributed by atoms with Gasteiger partial charge in [0.2, 0.25) is 0 Å². The van der Waals surface area contributed by atoms with E-state index < -0.39 is 12.0 Å². The number of carbonyl (C=O) groups is 1. The van der Waals surface area contributed by atoms with Crippen molar-refractivity contribution in [2.24, 2.45) is 4.99 Å². The highest BCUT2D eigenvalue weighted by Crippen LogP contribution is 2.39. The van der Waals surface area contributed by atoms with Crippen LogP contribution in [0.4, 0.5) is 0 Å². The van der Waals surface area contributed by atoms with Crippen LogP contribution in [0.3, 0.4) is 0 Å². The maximum absolute atomic E-state index is 14.4. The second kappa shape index (κ2) is 15.2. The Morgan fingerprint density at radius 3 is 2.30 bits per heavy atom. The molecule has 0 saturated heterocycles. The van der Waals surface area contributed by atoms with Crippen molar-refractivity contribution >= 4 is 52.3 Å². The summed E-state index contributed by atoms with van der Waals surface area (Å²) in [5, 5.41) is 0.930. The van der Waals surface area contributed by atoms with E-state index in [1.807, 2.05) is 42.5 Å². The smallest absolute Gasteiger partial charge is 0.338 e. The van der Waals surface area contributed by atoms with Crippen LogP contribution in [0.5, 0.6) is 23.0 Å². The maximum atomic E-state index is 14.4. The Bertz CT molecular complexity index is 2270. The molecule has 1 aromatic heterocycles. The summed E-state index contributed by atoms with van der Waals surface area (Å²) in [5.74, 6) is 1.11. The predicted molar refractivity (Wildman–Crippen MR) is 194 cm³/mol. The molecule has 12 heteroatoms. The molecular formula is C38H32Cl2N2O7S. The maximum Gasteiger partial charge on any atom is 0.338 e. The molecule has 1 aliphatic rings. The molecule has 0 radical (unpaired) electrons. The molecule has 0 bridgehead atoms. The van der Waals surface area contributed by atoms with Crippen molar-refractivity contribution in [3.8, 4) is 23.0 Å². The summed E-state index contributed by atoms with van der Waals surface area (Å²) in [6, 6.07) is 24.5. The molecule has 0 fully saturated rings. The van der Waals surface area contributed by atoms with Gasteiger partial charge in [0.05, 0.1) is 54.8 Å². The van der Waals surface area contributed by atoms with Crippen molar-refractivity contribution in [1.82, 2.24) is 4.57 Å². The van der Waals surface area contributed by atoms with Crippen LogP contribution in [0.2, 0.25) is 10.0 Å². The van der Waals surface area contributed by atoms with Crippen molar-refractivity contribution in [3.05, 3.63) is 142 Å². The Balaban J connectivity index is 1.51. The van der Waals surface area contributed by atoms with Crippen LogP contribution in [-0.2, 0) is 16.1 Å². The Morgan fingerprint density at radius 2 is 1.62 bits per heavy atom. The number of methoxy groups -OCH3 is 3. The Morgan fingerprint density at radius 1 is 0.900 bits per heavy atom. The van der Waals surface area contributed by atoms with Crippen LogP contribution < -0.4 is 33.8 Å². The zero-order valence-corrected chi connectivity index (χ0v) is 29.9. The lowest BCUT2D eigenvalue weighted by Crippen LogP contribution is -2.40. The van der Waals surface area contributed by atoms with Crippen LogP contribution >= 0.6 is 34.5 Å². The van der Waals surface area contributed by atoms with Crippen LogP contribution in [0.25, 0.3) is 11.8 Å². The van der Waals surface area contributed by atoms with Gasteiger partial charge < -0.3 is 23.7 Å². The largest absolute Gasteiger partial charge is 0.493 e. The van der Waals surface area contributed by atoms with Gasteiger partial charge in [-0.3, -0.25) is 9.36 Å². The Labute approximate surface area is 302 Å². The first-order valence-corrected chi connectivity index (χ1v) is 17.1. The van der Waals surface area contributed by atoms with Gasteiger partial charge in [-0.25, -0.2) is 9.79 Å². The Kier molecular flexibility index (Phi) is 10.6. The van der Waals surface area contributed by atoms with Crippen molar-refractivity contribution in [2.75, 3.05) is 27.9 Å². The highest BCUT2D eigenvalue weighted by molar-refractivity contribution is 7.07. The lowest BCUT2D eigenvalue weighted by molar-refractivity contribution is -0.138. The first-order chi connectivity index (χ1) is 24.3. The SMILES string of the molecule is CCOC(=O)C1=C(c2ccccc2)N=c2s/c(=C\c3cc(Cl)c(OCc4ccc(Cl)cc4)c(OC)c3)c(=O)n2[C@H]1c1ccc(OC)c(OC)c1. The summed E-state index contributed by atoms with van der Waals surface area (Å²) in [4.78, 5) is 33.5. The van der Waals surface area contributed by atoms with Crippen LogP contribution in [0.1, 0.15) is 35.2 Å². The third-order valence-corrected chi connectivity index (χ3v) is 9.46. The molecule has 0 saturated carbocycles. The molecule has 9 nitrogen and oxygen atoms in total. The number of halogens is 2. The molecule has 1 atom stereocenters. The van der Waals surface area contributed by atoms with Gasteiger partial charge >= 0.3 is 5.97 Å². The van der Waals surface area contributed by atoms with Crippen molar-refractivity contribution in [3.63, 3.8) is 0 Å². The van der Waals surface area contributed by atoms with Gasteiger partial charge in [0.15, 0.2) is 27.8 Å². The number of benzene rings is 4. The third kappa shape index (κ3) is 7.00. The number of aromatic nitrogens is 1. The van der Waals surface area contributed by atoms with E-state index in [1.54, 1.807) is 55.5 Å². The average molecular weight is 732 g/mol. The minimum absolute atomic E-state index is 0.134. The van der Waals surface area contributed by atoms with E-state index in [2.05, 4.69) is 0 Å². The minimum atomic E-state index is -0.899. The summed E-state index contributed by atoms with van der Waals surface area (Å²) in [5.41, 5.74) is 3.07. The molecule has 0 unspecified atom stereocenters. The summed E-state index contributed by atoms with van der Waals surface area (Å²) >= 11 is 13.9. The zero-order valence-electron chi connectivity index (χ0n) is 27.6. The quantitative estimate of drug-likeness (QED) is 0.137. The van der Waals surface area contributed by atoms with Gasteiger partial charge in [-0.15, -0.1) is 0 Å². The van der Waals surface area contributed by atoms with E-state index in [-0.39, 0.29) is 24.3 Å². The predicted octanol–water partition coefficient (Wildman–Crippen LogP) is 6.85. The first-order valence-electron chi connectivity index (χ1n) is 15.5. The zero-order chi connectivity index (χ0) is 35.4. The van der Waals surface area contributed by atoms with E-state index in [9.17, 15) is 9.59 Å². The number of hydrogen-bond acceptors (Lipinski definition) is 9. The van der Waals surface area contributed by atoms with E-state index in [1.165, 1.54) is 37.2 Å². The fourth-order valence-electron chi connectivity index (χ4n) is 5.63. The molecule has 0 spiro atoms. The van der Waals surface area contributed by atoms with Gasteiger partial charge in [0.1, 0.15) is 6.61 Å². The van der Waals surface area contributed by atoms with E-state index in [0.29, 0.717) is 64.8 Å². The molecule has 50 heavy (non-hydrogen) atoms. The summed E-state index contributed by atoms with van der Waals surface area (Å²) < 4.78 is 30.2. The van der Waals surface area contributed by atoms with E-state index in [0.717, 1.165) is 5.56 Å². The second-order valence-electron chi connectivity index (χ2n) is 11.0. The number of hydrogen-bond donors (Lipinski definition) is 0. The van der Waals surface area contributed by atoms with Gasteiger partial charge in [-0.2, -0.15) is 0 Å². The number of nitrogens with zero attached hydrogens (tertiary/aromatic N) is 2. The van der Waals surface area contributed by atoms with Crippen molar-refractivity contribution in [1.29, 1.82) is 0 Å². The monoisotopic (exact) mass is 730 g/mol. The van der Waals surface area contributed by atoms with E-state index in [4.69, 9.17) is 51.9 Å². The summed E-state index contributed by atoms with van der Waals surface area (Å²) in [7, 11) is 4.58. The number of carbonyl (C=O) groups excluding carboxylic acids is 1. The minimum Gasteiger partial charge on any atom is -0.493 e. The topological polar surface area (TPSA) is 97.6 Å². The van der Waals surface area contributed by atoms with Crippen LogP contribution in [0, 0.1) is 0 Å². The standard InChI is InChI=1S/C38H32Cl2N2O7S/c1-5-48-37(44)32-33(24-9-7-6-8-10-24)41-38-42(34(32)25-13-16-28(45-2)29(20-25)46-3)36(43)31(50-38)19-23-17-27(40)35(30(18-23)47-4)49-21-22-11-14-26(39)15-12-22/h6-20,34H,5,21H2,1-4H3/b31-19-/t34-/m0/s1. The number of fused-ring (bicyclic) bond motifs is 1. The molecule has 4 aromatic carbocycles. The highest BCUT2D eigenvalue weighted by Gasteiger charge is 2.35. The second-order valence-corrected chi connectivity index (χ2v) is 12.8. The number of ether oxygens (including phenoxy) is 5. The molecule has 0 N–H and O–H groups in total. The van der Waals surface area contributed by atoms with Gasteiger partial charge in [-0.05, 0) is 66.1 Å². The molecular weight excluding hydrogens is 699 g/mol. The first kappa shape index (κ1) is 34.8. The molecule has 256 valence electrons. The van der Waals surface area contributed by atoms with E-state index >= 15 is 0 Å². The van der Waals surface area contributed by atoms with Gasteiger partial charge in [-0.1, -0.05) is 83.1 Å². The highest BCUT2D eigenvalue weighted by atomic mass is 35.5. The number of rotatable bonds is 11. The molecule has 2 heterocycles. The van der Waals surface area contributed by atoms with Crippen LogP contribution in [-0.4, -0.2) is 38.5 Å². The molecule has 6 rings (SSSR count). The number of esters is 1. The Hall–Kier alpha value is -5.03. The van der Waals surface area contributed by atoms with Crippen molar-refractivity contribution in [2.45, 2.75) is 19.6 Å². The van der Waals surface area contributed by atoms with Gasteiger partial charge in [0, 0.05) is 10.6 Å². The average Bonchev–Trinajstić information content (AvgIpc) is 3.44. The summed E-state index contributed by atoms with van der Waals surface area (Å²) in [6.07, 6.45) is 1.71. The lowest BCUT2D eigenvalue weighted by atomic mass is 9.93. The number of thiazole rings is 1.